The number of ketones is 1. The first-order valence-corrected chi connectivity index (χ1v) is 18.3. The summed E-state index contributed by atoms with van der Waals surface area (Å²) in [4.78, 5) is 47.3. The molecule has 53 heavy (non-hydrogen) atoms. The van der Waals surface area contributed by atoms with Crippen molar-refractivity contribution in [3.05, 3.63) is 69.7 Å². The number of ether oxygens (including phenoxy) is 4. The number of carbonyl (C=O) groups excluding carboxylic acids is 3. The Balaban J connectivity index is 0.000000307. The molecule has 296 valence electrons. The largest absolute Gasteiger partial charge is 0.478 e. The number of rotatable bonds is 10. The molecule has 0 saturated carbocycles. The summed E-state index contributed by atoms with van der Waals surface area (Å²) in [6.45, 7) is 20.6. The number of hydrogen-bond donors (Lipinski definition) is 4. The number of Topliss-reactive ketones (excluding diaryl/α,β-unsaturated/α-hetero) is 1. The van der Waals surface area contributed by atoms with Gasteiger partial charge in [-0.25, -0.2) is 4.79 Å². The lowest BCUT2D eigenvalue weighted by Gasteiger charge is -2.44. The average Bonchev–Trinajstić information content (AvgIpc) is 3.05. The van der Waals surface area contributed by atoms with Gasteiger partial charge in [0.05, 0.1) is 18.8 Å². The highest BCUT2D eigenvalue weighted by atomic mass is 35.5. The van der Waals surface area contributed by atoms with E-state index < -0.39 is 35.2 Å². The summed E-state index contributed by atoms with van der Waals surface area (Å²) in [5.41, 5.74) is 5.66. The third-order valence-corrected chi connectivity index (χ3v) is 8.73. The summed E-state index contributed by atoms with van der Waals surface area (Å²) < 4.78 is 22.7. The SMILES string of the molecule is C[C@@H](CNC(=O)[C@@H]1OC(C)(C)OCC1(C)C)CC(=O)c1cccc(Cl)c1.C[C@H](N)CNC(=O)[C@@H]1OC(C)(C)OCC1(C)C.O=C(O)c1cccc(Cl)c1. The van der Waals surface area contributed by atoms with E-state index in [0.29, 0.717) is 48.3 Å². The molecule has 14 heteroatoms. The highest BCUT2D eigenvalue weighted by Gasteiger charge is 2.46. The van der Waals surface area contributed by atoms with Crippen LogP contribution in [0.15, 0.2) is 48.5 Å². The minimum atomic E-state index is -0.956. The Morgan fingerprint density at radius 3 is 1.57 bits per heavy atom. The number of benzene rings is 2. The van der Waals surface area contributed by atoms with E-state index in [1.54, 1.807) is 50.2 Å². The fraction of sp³-hybridized carbons (Fsp3) is 0.590. The van der Waals surface area contributed by atoms with E-state index in [9.17, 15) is 19.2 Å². The van der Waals surface area contributed by atoms with Gasteiger partial charge in [0.25, 0.3) is 0 Å². The fourth-order valence-corrected chi connectivity index (χ4v) is 5.53. The quantitative estimate of drug-likeness (QED) is 0.195. The highest BCUT2D eigenvalue weighted by molar-refractivity contribution is 6.31. The standard InChI is InChI=1S/C20H28ClNO4.C12H24N2O3.C7H5ClO2/c1-13(9-16(23)14-7-6-8-15(21)10-14)11-22-18(24)17-19(2,3)12-25-20(4,5)26-17;1-8(13)6-14-10(15)9-11(2,3)7-16-12(4,5)17-9;8-6-3-1-2-5(4-6)7(9)10/h6-8,10,13,17H,9,11-12H2,1-5H3,(H,22,24);8-9H,6-7,13H2,1-5H3,(H,14,15);1-4H,(H,9,10)/t13-,17+;8-,9-;/m10./s1. The number of aromatic carboxylic acids is 1. The zero-order valence-corrected chi connectivity index (χ0v) is 34.0. The van der Waals surface area contributed by atoms with Crippen LogP contribution in [0.25, 0.3) is 0 Å². The molecule has 2 aromatic rings. The summed E-state index contributed by atoms with van der Waals surface area (Å²) >= 11 is 11.5. The smallest absolute Gasteiger partial charge is 0.335 e. The van der Waals surface area contributed by atoms with Crippen molar-refractivity contribution in [3.63, 3.8) is 0 Å². The Morgan fingerprint density at radius 2 is 1.17 bits per heavy atom. The molecule has 2 heterocycles. The van der Waals surface area contributed by atoms with Crippen molar-refractivity contribution in [2.45, 2.75) is 105 Å². The second kappa shape index (κ2) is 19.5. The van der Waals surface area contributed by atoms with Crippen LogP contribution < -0.4 is 16.4 Å². The molecular weight excluding hydrogens is 725 g/mol. The Kier molecular flexibility index (Phi) is 16.9. The maximum atomic E-state index is 12.6. The lowest BCUT2D eigenvalue weighted by Crippen LogP contribution is -2.57. The predicted octanol–water partition coefficient (Wildman–Crippen LogP) is 6.51. The number of nitrogens with two attached hydrogens (primary N) is 1. The maximum absolute atomic E-state index is 12.6. The first-order chi connectivity index (χ1) is 24.3. The fourth-order valence-electron chi connectivity index (χ4n) is 5.15. The summed E-state index contributed by atoms with van der Waals surface area (Å²) in [7, 11) is 0. The number of carboxylic acid groups (broad SMARTS) is 1. The molecule has 0 aliphatic carbocycles. The maximum Gasteiger partial charge on any atom is 0.335 e. The molecule has 5 N–H and O–H groups in total. The van der Waals surface area contributed by atoms with Crippen molar-refractivity contribution in [1.29, 1.82) is 0 Å². The van der Waals surface area contributed by atoms with Crippen LogP contribution in [0.1, 0.15) is 96.4 Å². The van der Waals surface area contributed by atoms with E-state index in [1.807, 2.05) is 55.4 Å². The molecule has 12 nitrogen and oxygen atoms in total. The van der Waals surface area contributed by atoms with Gasteiger partial charge in [0.2, 0.25) is 11.8 Å². The lowest BCUT2D eigenvalue weighted by molar-refractivity contribution is -0.304. The van der Waals surface area contributed by atoms with Crippen molar-refractivity contribution >= 4 is 46.8 Å². The molecule has 0 bridgehead atoms. The van der Waals surface area contributed by atoms with Gasteiger partial charge < -0.3 is 40.4 Å². The van der Waals surface area contributed by atoms with E-state index in [4.69, 9.17) is 53.0 Å². The molecule has 2 saturated heterocycles. The molecular formula is C39H57Cl2N3O9. The Labute approximate surface area is 323 Å². The van der Waals surface area contributed by atoms with Crippen molar-refractivity contribution in [3.8, 4) is 0 Å². The molecule has 0 radical (unpaired) electrons. The Bertz CT molecular complexity index is 1560. The second-order valence-corrected chi connectivity index (χ2v) is 16.7. The molecule has 0 unspecified atom stereocenters. The molecule has 0 spiro atoms. The van der Waals surface area contributed by atoms with Gasteiger partial charge in [0.1, 0.15) is 12.2 Å². The van der Waals surface area contributed by atoms with Crippen LogP contribution in [0.3, 0.4) is 0 Å². The number of amides is 2. The Hall–Kier alpha value is -3.10. The highest BCUT2D eigenvalue weighted by Crippen LogP contribution is 2.36. The van der Waals surface area contributed by atoms with Crippen molar-refractivity contribution < 1.29 is 43.2 Å². The molecule has 2 amide bonds. The zero-order valence-electron chi connectivity index (χ0n) is 32.5. The second-order valence-electron chi connectivity index (χ2n) is 15.9. The minimum Gasteiger partial charge on any atom is -0.478 e. The summed E-state index contributed by atoms with van der Waals surface area (Å²) in [5.74, 6) is -2.74. The third-order valence-electron chi connectivity index (χ3n) is 8.26. The third kappa shape index (κ3) is 15.7. The van der Waals surface area contributed by atoms with E-state index >= 15 is 0 Å². The van der Waals surface area contributed by atoms with Gasteiger partial charge >= 0.3 is 5.97 Å². The van der Waals surface area contributed by atoms with Gasteiger partial charge in [-0.1, -0.05) is 76.0 Å². The lowest BCUT2D eigenvalue weighted by atomic mass is 9.85. The molecule has 2 aromatic carbocycles. The topological polar surface area (TPSA) is 176 Å². The van der Waals surface area contributed by atoms with E-state index in [0.717, 1.165) is 0 Å². The van der Waals surface area contributed by atoms with Crippen LogP contribution in [0, 0.1) is 16.7 Å². The molecule has 2 fully saturated rings. The molecule has 2 aliphatic rings. The van der Waals surface area contributed by atoms with Crippen LogP contribution in [-0.4, -0.2) is 84.8 Å². The Morgan fingerprint density at radius 1 is 0.755 bits per heavy atom. The van der Waals surface area contributed by atoms with E-state index in [1.165, 1.54) is 12.1 Å². The molecule has 4 atom stereocenters. The normalized spacial score (nSPS) is 21.9. The number of carboxylic acids is 1. The van der Waals surface area contributed by atoms with Crippen LogP contribution >= 0.6 is 23.2 Å². The van der Waals surface area contributed by atoms with Crippen LogP contribution in [0.2, 0.25) is 10.0 Å². The average molecular weight is 783 g/mol. The molecule has 2 aliphatic heterocycles. The van der Waals surface area contributed by atoms with Crippen molar-refractivity contribution in [2.75, 3.05) is 26.3 Å². The number of carbonyl (C=O) groups is 4. The summed E-state index contributed by atoms with van der Waals surface area (Å²) in [6.07, 6.45) is -0.767. The number of halogens is 2. The van der Waals surface area contributed by atoms with Gasteiger partial charge in [-0.2, -0.15) is 0 Å². The van der Waals surface area contributed by atoms with Crippen LogP contribution in [0.5, 0.6) is 0 Å². The van der Waals surface area contributed by atoms with E-state index in [2.05, 4.69) is 10.6 Å². The van der Waals surface area contributed by atoms with E-state index in [-0.39, 0.29) is 40.5 Å². The van der Waals surface area contributed by atoms with Gasteiger partial charge in [0.15, 0.2) is 17.4 Å². The monoisotopic (exact) mass is 781 g/mol. The van der Waals surface area contributed by atoms with Crippen molar-refractivity contribution in [1.82, 2.24) is 10.6 Å². The van der Waals surface area contributed by atoms with Crippen molar-refractivity contribution in [2.24, 2.45) is 22.5 Å². The summed E-state index contributed by atoms with van der Waals surface area (Å²) in [6, 6.07) is 13.0. The first kappa shape index (κ1) is 46.1. The molecule has 0 aromatic heterocycles. The van der Waals surface area contributed by atoms with Gasteiger partial charge in [-0.15, -0.1) is 0 Å². The van der Waals surface area contributed by atoms with Crippen LogP contribution in [0.4, 0.5) is 0 Å². The number of nitrogens with one attached hydrogen (secondary N) is 2. The summed E-state index contributed by atoms with van der Waals surface area (Å²) in [5, 5.41) is 15.2. The minimum absolute atomic E-state index is 0.00129. The van der Waals surface area contributed by atoms with Gasteiger partial charge in [-0.05, 0) is 70.9 Å². The van der Waals surface area contributed by atoms with Gasteiger partial charge in [0, 0.05) is 52.0 Å². The predicted molar refractivity (Wildman–Crippen MR) is 205 cm³/mol. The first-order valence-electron chi connectivity index (χ1n) is 17.6. The number of hydrogen-bond acceptors (Lipinski definition) is 9. The van der Waals surface area contributed by atoms with Crippen LogP contribution in [-0.2, 0) is 28.5 Å². The van der Waals surface area contributed by atoms with Gasteiger partial charge in [-0.3, -0.25) is 14.4 Å². The molecule has 4 rings (SSSR count). The zero-order chi connectivity index (χ0) is 40.4.